The fraction of sp³-hybridized carbons (Fsp3) is 0.263. The minimum Gasteiger partial charge on any atom is -0.325 e. The number of thioether (sulfide) groups is 1. The SMILES string of the molecule is CC[C@H](C)c1ccccc1NC(=O)CSc1[nH+]c(N)c(C#N)cc1C#N. The molecule has 0 spiro atoms. The summed E-state index contributed by atoms with van der Waals surface area (Å²) < 4.78 is 0. The molecule has 1 heterocycles. The molecule has 1 aromatic heterocycles. The highest BCUT2D eigenvalue weighted by atomic mass is 32.2. The van der Waals surface area contributed by atoms with Crippen LogP contribution < -0.4 is 16.0 Å². The molecule has 0 saturated heterocycles. The second-order valence-electron chi connectivity index (χ2n) is 5.80. The van der Waals surface area contributed by atoms with E-state index in [1.54, 1.807) is 0 Å². The maximum absolute atomic E-state index is 12.3. The van der Waals surface area contributed by atoms with Crippen molar-refractivity contribution < 1.29 is 9.78 Å². The van der Waals surface area contributed by atoms with Gasteiger partial charge >= 0.3 is 0 Å². The van der Waals surface area contributed by atoms with E-state index in [4.69, 9.17) is 11.0 Å². The van der Waals surface area contributed by atoms with Gasteiger partial charge in [0.2, 0.25) is 5.91 Å². The third-order valence-corrected chi connectivity index (χ3v) is 5.06. The lowest BCUT2D eigenvalue weighted by atomic mass is 9.97. The first kappa shape index (κ1) is 19.3. The Kier molecular flexibility index (Phi) is 6.60. The van der Waals surface area contributed by atoms with E-state index in [9.17, 15) is 10.1 Å². The van der Waals surface area contributed by atoms with E-state index in [-0.39, 0.29) is 28.6 Å². The maximum atomic E-state index is 12.3. The summed E-state index contributed by atoms with van der Waals surface area (Å²) in [7, 11) is 0. The Bertz CT molecular complexity index is 898. The standard InChI is InChI=1S/C19H19N5OS/c1-3-12(2)15-6-4-5-7-16(15)23-17(25)11-26-19-14(10-21)8-13(9-20)18(22)24-19/h4-8,12H,3,11H2,1-2H3,(H2,22,24)(H,23,25)/p+1/t12-/m0/s1. The van der Waals surface area contributed by atoms with Gasteiger partial charge in [-0.05, 0) is 30.0 Å². The molecule has 0 unspecified atom stereocenters. The second kappa shape index (κ2) is 8.89. The summed E-state index contributed by atoms with van der Waals surface area (Å²) in [4.78, 5) is 15.2. The van der Waals surface area contributed by atoms with Gasteiger partial charge in [0.15, 0.2) is 5.03 Å². The molecule has 0 aliphatic carbocycles. The molecule has 0 fully saturated rings. The second-order valence-corrected chi connectivity index (χ2v) is 6.78. The van der Waals surface area contributed by atoms with Crippen molar-refractivity contribution in [1.29, 1.82) is 10.5 Å². The number of pyridine rings is 1. The molecule has 0 radical (unpaired) electrons. The highest BCUT2D eigenvalue weighted by molar-refractivity contribution is 7.99. The largest absolute Gasteiger partial charge is 0.325 e. The summed E-state index contributed by atoms with van der Waals surface area (Å²) in [5.74, 6) is 0.462. The lowest BCUT2D eigenvalue weighted by Gasteiger charge is -2.15. The average molecular weight is 366 g/mol. The normalized spacial score (nSPS) is 11.2. The Morgan fingerprint density at radius 2 is 2.00 bits per heavy atom. The van der Waals surface area contributed by atoms with Crippen molar-refractivity contribution in [2.45, 2.75) is 31.2 Å². The molecular formula is C19H20N5OS+. The Morgan fingerprint density at radius 1 is 1.31 bits per heavy atom. The number of carbonyl (C=O) groups excluding carboxylic acids is 1. The first-order valence-corrected chi connectivity index (χ1v) is 9.16. The number of amides is 1. The molecule has 4 N–H and O–H groups in total. The number of benzene rings is 1. The quantitative estimate of drug-likeness (QED) is 0.762. The van der Waals surface area contributed by atoms with E-state index < -0.39 is 0 Å². The van der Waals surface area contributed by atoms with Gasteiger partial charge in [-0.1, -0.05) is 43.8 Å². The molecule has 7 heteroatoms. The molecule has 0 bridgehead atoms. The van der Waals surface area contributed by atoms with E-state index in [1.807, 2.05) is 36.4 Å². The molecule has 132 valence electrons. The number of nitrogens with one attached hydrogen (secondary N) is 2. The van der Waals surface area contributed by atoms with Gasteiger partial charge in [0, 0.05) is 5.69 Å². The van der Waals surface area contributed by atoms with Crippen molar-refractivity contribution in [3.63, 3.8) is 0 Å². The van der Waals surface area contributed by atoms with Gasteiger partial charge in [0.05, 0.1) is 5.75 Å². The average Bonchev–Trinajstić information content (AvgIpc) is 2.66. The van der Waals surface area contributed by atoms with Crippen LogP contribution in [0.5, 0.6) is 0 Å². The summed E-state index contributed by atoms with van der Waals surface area (Å²) in [6.07, 6.45) is 0.979. The van der Waals surface area contributed by atoms with Gasteiger partial charge in [-0.25, -0.2) is 4.98 Å². The predicted molar refractivity (Wildman–Crippen MR) is 101 cm³/mol. The topological polar surface area (TPSA) is 117 Å². The van der Waals surface area contributed by atoms with Gasteiger partial charge in [-0.3, -0.25) is 10.5 Å². The van der Waals surface area contributed by atoms with Crippen molar-refractivity contribution in [3.8, 4) is 12.1 Å². The smallest absolute Gasteiger partial charge is 0.289 e. The number of carbonyl (C=O) groups is 1. The van der Waals surface area contributed by atoms with Crippen molar-refractivity contribution in [2.75, 3.05) is 16.8 Å². The van der Waals surface area contributed by atoms with Crippen LogP contribution >= 0.6 is 11.8 Å². The van der Waals surface area contributed by atoms with Crippen molar-refractivity contribution in [1.82, 2.24) is 0 Å². The highest BCUT2D eigenvalue weighted by Gasteiger charge is 2.17. The van der Waals surface area contributed by atoms with Crippen LogP contribution in [0.1, 0.15) is 42.9 Å². The number of anilines is 2. The molecule has 2 aromatic rings. The first-order valence-electron chi connectivity index (χ1n) is 8.17. The fourth-order valence-electron chi connectivity index (χ4n) is 2.42. The number of aromatic amines is 1. The summed E-state index contributed by atoms with van der Waals surface area (Å²) in [6.45, 7) is 4.22. The summed E-state index contributed by atoms with van der Waals surface area (Å²) in [6, 6.07) is 13.1. The molecule has 0 aliphatic heterocycles. The lowest BCUT2D eigenvalue weighted by molar-refractivity contribution is -0.410. The van der Waals surface area contributed by atoms with Gasteiger partial charge in [0.25, 0.3) is 5.82 Å². The van der Waals surface area contributed by atoms with E-state index >= 15 is 0 Å². The number of hydrogen-bond acceptors (Lipinski definition) is 5. The zero-order chi connectivity index (χ0) is 19.1. The first-order chi connectivity index (χ1) is 12.5. The van der Waals surface area contributed by atoms with Crippen LogP contribution in [0.25, 0.3) is 0 Å². The highest BCUT2D eigenvalue weighted by Crippen LogP contribution is 2.27. The number of aromatic nitrogens is 1. The molecule has 1 aromatic carbocycles. The minimum atomic E-state index is -0.175. The van der Waals surface area contributed by atoms with E-state index in [2.05, 4.69) is 24.1 Å². The van der Waals surface area contributed by atoms with Crippen molar-refractivity contribution >= 4 is 29.2 Å². The van der Waals surface area contributed by atoms with E-state index in [0.29, 0.717) is 10.9 Å². The summed E-state index contributed by atoms with van der Waals surface area (Å²) in [5, 5.41) is 21.6. The van der Waals surface area contributed by atoms with Crippen LogP contribution in [0.2, 0.25) is 0 Å². The number of rotatable bonds is 6. The third kappa shape index (κ3) is 4.53. The van der Waals surface area contributed by atoms with E-state index in [0.717, 1.165) is 17.7 Å². The maximum Gasteiger partial charge on any atom is 0.289 e. The third-order valence-electron chi connectivity index (χ3n) is 4.04. The zero-order valence-corrected chi connectivity index (χ0v) is 15.5. The van der Waals surface area contributed by atoms with Crippen LogP contribution in [0.3, 0.4) is 0 Å². The van der Waals surface area contributed by atoms with Gasteiger partial charge < -0.3 is 5.32 Å². The Hall–Kier alpha value is -3.03. The molecule has 0 aliphatic rings. The molecule has 1 atom stereocenters. The monoisotopic (exact) mass is 366 g/mol. The summed E-state index contributed by atoms with van der Waals surface area (Å²) >= 11 is 1.17. The molecule has 0 saturated carbocycles. The number of nitrogens with zero attached hydrogens (tertiary/aromatic N) is 2. The molecule has 2 rings (SSSR count). The predicted octanol–water partition coefficient (Wildman–Crippen LogP) is 3.07. The number of nitrogen functional groups attached to an aromatic ring is 1. The number of nitrogens with two attached hydrogens (primary N) is 1. The Morgan fingerprint density at radius 3 is 2.65 bits per heavy atom. The van der Waals surface area contributed by atoms with Crippen molar-refractivity contribution in [3.05, 3.63) is 47.0 Å². The molecule has 6 nitrogen and oxygen atoms in total. The molecule has 1 amide bonds. The lowest BCUT2D eigenvalue weighted by Crippen LogP contribution is -2.20. The minimum absolute atomic E-state index is 0.116. The Labute approximate surface area is 157 Å². The van der Waals surface area contributed by atoms with Gasteiger partial charge in [-0.15, -0.1) is 0 Å². The Balaban J connectivity index is 2.10. The van der Waals surface area contributed by atoms with Crippen molar-refractivity contribution in [2.24, 2.45) is 0 Å². The van der Waals surface area contributed by atoms with Crippen LogP contribution in [-0.2, 0) is 4.79 Å². The number of nitriles is 2. The zero-order valence-electron chi connectivity index (χ0n) is 14.7. The fourth-order valence-corrected chi connectivity index (χ4v) is 3.21. The number of H-pyrrole nitrogens is 1. The van der Waals surface area contributed by atoms with Gasteiger partial charge in [0.1, 0.15) is 23.3 Å². The van der Waals surface area contributed by atoms with Gasteiger partial charge in [-0.2, -0.15) is 10.5 Å². The van der Waals surface area contributed by atoms with E-state index in [1.165, 1.54) is 17.8 Å². The molecular weight excluding hydrogens is 346 g/mol. The van der Waals surface area contributed by atoms with Crippen LogP contribution in [0.4, 0.5) is 11.5 Å². The summed E-state index contributed by atoms with van der Waals surface area (Å²) in [5.41, 5.74) is 8.14. The van der Waals surface area contributed by atoms with Crippen LogP contribution in [0, 0.1) is 22.7 Å². The number of hydrogen-bond donors (Lipinski definition) is 2. The van der Waals surface area contributed by atoms with Crippen LogP contribution in [-0.4, -0.2) is 11.7 Å². The molecule has 26 heavy (non-hydrogen) atoms. The van der Waals surface area contributed by atoms with Crippen LogP contribution in [0.15, 0.2) is 35.4 Å². The number of para-hydroxylation sites is 1.